The van der Waals surface area contributed by atoms with Gasteiger partial charge in [-0.15, -0.1) is 0 Å². The number of imidazole rings is 1. The maximum atomic E-state index is 12.0. The van der Waals surface area contributed by atoms with Crippen LogP contribution in [-0.2, 0) is 23.7 Å². The van der Waals surface area contributed by atoms with Gasteiger partial charge in [-0.05, 0) is 25.0 Å². The molecule has 0 spiro atoms. The first-order valence-electron chi connectivity index (χ1n) is 12.1. The van der Waals surface area contributed by atoms with E-state index in [0.29, 0.717) is 24.1 Å². The lowest BCUT2D eigenvalue weighted by Gasteiger charge is -2.20. The molecule has 5 atom stereocenters. The maximum absolute atomic E-state index is 12.0. The van der Waals surface area contributed by atoms with Crippen molar-refractivity contribution in [2.45, 2.75) is 50.6 Å². The molecule has 194 valence electrons. The maximum Gasteiger partial charge on any atom is 0.320 e. The van der Waals surface area contributed by atoms with Gasteiger partial charge in [-0.1, -0.05) is 36.4 Å². The molecule has 1 aromatic carbocycles. The number of amides is 2. The minimum absolute atomic E-state index is 0.179. The van der Waals surface area contributed by atoms with E-state index in [4.69, 9.17) is 18.9 Å². The summed E-state index contributed by atoms with van der Waals surface area (Å²) in [6.07, 6.45) is 4.73. The highest BCUT2D eigenvalue weighted by molar-refractivity contribution is 5.95. The standard InChI is InChI=1S/C25H28N6O6/c1-3-26-25(33)30-22-19-23(28-13-27-22)31(14-29-19)24-21-20(16(35-24)10-11-17(32)34-2)36-18(37-21)12-9-15-7-5-4-6-8-15/h4-9,12-14,16,18,20-21,24H,3,10-11H2,1-2H3,(H2,26,27,28,30,33)/b12-9+. The van der Waals surface area contributed by atoms with Crippen molar-refractivity contribution in [1.29, 1.82) is 0 Å². The SMILES string of the molecule is CCNC(=O)Nc1ncnc2c1ncn2C1OC(CCC(=O)OC)C2OC(/C=C/c3ccccc3)OC21. The van der Waals surface area contributed by atoms with Crippen LogP contribution in [0.1, 0.15) is 31.6 Å². The predicted octanol–water partition coefficient (Wildman–Crippen LogP) is 2.64. The Labute approximate surface area is 213 Å². The molecule has 5 unspecified atom stereocenters. The summed E-state index contributed by atoms with van der Waals surface area (Å²) in [5.41, 5.74) is 1.89. The average Bonchev–Trinajstić information content (AvgIpc) is 3.61. The van der Waals surface area contributed by atoms with Gasteiger partial charge in [0, 0.05) is 13.0 Å². The second-order valence-electron chi connectivity index (χ2n) is 8.55. The number of nitrogens with one attached hydrogen (secondary N) is 2. The second kappa shape index (κ2) is 11.0. The van der Waals surface area contributed by atoms with Gasteiger partial charge < -0.3 is 24.3 Å². The number of anilines is 1. The van der Waals surface area contributed by atoms with Crippen molar-refractivity contribution in [2.24, 2.45) is 0 Å². The van der Waals surface area contributed by atoms with Gasteiger partial charge in [0.1, 0.15) is 18.5 Å². The van der Waals surface area contributed by atoms with Crippen molar-refractivity contribution < 1.29 is 28.5 Å². The molecule has 37 heavy (non-hydrogen) atoms. The van der Waals surface area contributed by atoms with E-state index in [1.165, 1.54) is 13.4 Å². The number of hydrogen-bond donors (Lipinski definition) is 2. The van der Waals surface area contributed by atoms with Gasteiger partial charge in [-0.2, -0.15) is 0 Å². The summed E-state index contributed by atoms with van der Waals surface area (Å²) in [4.78, 5) is 36.8. The summed E-state index contributed by atoms with van der Waals surface area (Å²) in [6.45, 7) is 2.29. The average molecular weight is 509 g/mol. The zero-order valence-electron chi connectivity index (χ0n) is 20.4. The molecule has 0 aliphatic carbocycles. The molecule has 2 saturated heterocycles. The van der Waals surface area contributed by atoms with E-state index < -0.39 is 36.9 Å². The van der Waals surface area contributed by atoms with Crippen molar-refractivity contribution in [3.8, 4) is 0 Å². The number of hydrogen-bond acceptors (Lipinski definition) is 9. The Balaban J connectivity index is 1.40. The molecule has 2 aliphatic rings. The third kappa shape index (κ3) is 5.31. The third-order valence-corrected chi connectivity index (χ3v) is 6.18. The van der Waals surface area contributed by atoms with Crippen LogP contribution in [0.3, 0.4) is 0 Å². The smallest absolute Gasteiger partial charge is 0.320 e. The van der Waals surface area contributed by atoms with Crippen LogP contribution in [0.2, 0.25) is 0 Å². The van der Waals surface area contributed by atoms with E-state index in [0.717, 1.165) is 5.56 Å². The number of benzene rings is 1. The van der Waals surface area contributed by atoms with Crippen molar-refractivity contribution >= 4 is 35.1 Å². The molecule has 2 aromatic heterocycles. The monoisotopic (exact) mass is 508 g/mol. The number of ether oxygens (including phenoxy) is 4. The van der Waals surface area contributed by atoms with Gasteiger partial charge in [-0.25, -0.2) is 19.7 Å². The largest absolute Gasteiger partial charge is 0.469 e. The van der Waals surface area contributed by atoms with Crippen LogP contribution in [0.5, 0.6) is 0 Å². The van der Waals surface area contributed by atoms with Crippen molar-refractivity contribution in [2.75, 3.05) is 19.0 Å². The Hall–Kier alpha value is -3.87. The van der Waals surface area contributed by atoms with Gasteiger partial charge in [0.05, 0.1) is 19.5 Å². The molecule has 2 fully saturated rings. The first-order chi connectivity index (χ1) is 18.1. The zero-order chi connectivity index (χ0) is 25.8. The van der Waals surface area contributed by atoms with Crippen LogP contribution in [0.15, 0.2) is 49.1 Å². The molecular weight excluding hydrogens is 480 g/mol. The Morgan fingerprint density at radius 2 is 1.92 bits per heavy atom. The number of carbonyl (C=O) groups is 2. The highest BCUT2D eigenvalue weighted by Crippen LogP contribution is 2.42. The van der Waals surface area contributed by atoms with Crippen LogP contribution < -0.4 is 10.6 Å². The fraction of sp³-hybridized carbons (Fsp3) is 0.400. The van der Waals surface area contributed by atoms with Gasteiger partial charge in [0.25, 0.3) is 0 Å². The molecule has 0 saturated carbocycles. The normalized spacial score (nSPS) is 24.9. The minimum Gasteiger partial charge on any atom is -0.469 e. The number of aromatic nitrogens is 4. The third-order valence-electron chi connectivity index (χ3n) is 6.18. The highest BCUT2D eigenvalue weighted by Gasteiger charge is 2.53. The molecule has 5 rings (SSSR count). The topological polar surface area (TPSA) is 139 Å². The lowest BCUT2D eigenvalue weighted by molar-refractivity contribution is -0.144. The summed E-state index contributed by atoms with van der Waals surface area (Å²) in [6, 6.07) is 9.45. The van der Waals surface area contributed by atoms with Gasteiger partial charge in [0.15, 0.2) is 29.5 Å². The van der Waals surface area contributed by atoms with Crippen LogP contribution in [-0.4, -0.2) is 69.8 Å². The first-order valence-corrected chi connectivity index (χ1v) is 12.1. The summed E-state index contributed by atoms with van der Waals surface area (Å²) < 4.78 is 25.3. The molecule has 2 aliphatic heterocycles. The van der Waals surface area contributed by atoms with E-state index in [-0.39, 0.29) is 18.2 Å². The van der Waals surface area contributed by atoms with Gasteiger partial charge in [0.2, 0.25) is 0 Å². The molecule has 2 amide bonds. The van der Waals surface area contributed by atoms with E-state index in [9.17, 15) is 9.59 Å². The lowest BCUT2D eigenvalue weighted by Crippen LogP contribution is -2.29. The molecule has 12 nitrogen and oxygen atoms in total. The van der Waals surface area contributed by atoms with E-state index in [2.05, 4.69) is 25.6 Å². The van der Waals surface area contributed by atoms with E-state index >= 15 is 0 Å². The number of methoxy groups -OCH3 is 1. The molecule has 0 radical (unpaired) electrons. The Bertz CT molecular complexity index is 1280. The predicted molar refractivity (Wildman–Crippen MR) is 132 cm³/mol. The highest BCUT2D eigenvalue weighted by atomic mass is 16.8. The van der Waals surface area contributed by atoms with Crippen LogP contribution in [0, 0.1) is 0 Å². The summed E-state index contributed by atoms with van der Waals surface area (Å²) in [5, 5.41) is 5.35. The molecule has 3 aromatic rings. The van der Waals surface area contributed by atoms with Crippen molar-refractivity contribution in [3.63, 3.8) is 0 Å². The fourth-order valence-electron chi connectivity index (χ4n) is 4.46. The number of esters is 1. The number of nitrogens with zero attached hydrogens (tertiary/aromatic N) is 4. The Morgan fingerprint density at radius 1 is 1.11 bits per heavy atom. The molecule has 0 bridgehead atoms. The van der Waals surface area contributed by atoms with Crippen LogP contribution in [0.4, 0.5) is 10.6 Å². The second-order valence-corrected chi connectivity index (χ2v) is 8.55. The number of urea groups is 1. The fourth-order valence-corrected chi connectivity index (χ4v) is 4.46. The van der Waals surface area contributed by atoms with Gasteiger partial charge in [-0.3, -0.25) is 14.7 Å². The number of rotatable bonds is 8. The number of carbonyl (C=O) groups excluding carboxylic acids is 2. The van der Waals surface area contributed by atoms with Crippen molar-refractivity contribution in [3.05, 3.63) is 54.6 Å². The molecular formula is C25H28N6O6. The minimum atomic E-state index is -0.625. The van der Waals surface area contributed by atoms with E-state index in [1.54, 1.807) is 10.9 Å². The summed E-state index contributed by atoms with van der Waals surface area (Å²) >= 11 is 0. The Kier molecular flexibility index (Phi) is 7.40. The van der Waals surface area contributed by atoms with Crippen LogP contribution in [0.25, 0.3) is 17.2 Å². The zero-order valence-corrected chi connectivity index (χ0v) is 20.4. The molecule has 2 N–H and O–H groups in total. The Morgan fingerprint density at radius 3 is 2.70 bits per heavy atom. The molecule has 4 heterocycles. The van der Waals surface area contributed by atoms with E-state index in [1.807, 2.05) is 49.4 Å². The first kappa shape index (κ1) is 24.8. The van der Waals surface area contributed by atoms with Crippen LogP contribution >= 0.6 is 0 Å². The quantitative estimate of drug-likeness (QED) is 0.440. The van der Waals surface area contributed by atoms with Gasteiger partial charge >= 0.3 is 12.0 Å². The summed E-state index contributed by atoms with van der Waals surface area (Å²) in [7, 11) is 1.35. The lowest BCUT2D eigenvalue weighted by atomic mass is 10.1. The van der Waals surface area contributed by atoms with Crippen molar-refractivity contribution in [1.82, 2.24) is 24.8 Å². The molecule has 12 heteroatoms. The number of fused-ring (bicyclic) bond motifs is 2. The summed E-state index contributed by atoms with van der Waals surface area (Å²) in [5.74, 6) is -0.0521.